The van der Waals surface area contributed by atoms with Crippen molar-refractivity contribution in [3.63, 3.8) is 0 Å². The van der Waals surface area contributed by atoms with Gasteiger partial charge in [0.25, 0.3) is 0 Å². The lowest BCUT2D eigenvalue weighted by molar-refractivity contribution is -0.148. The molecule has 0 aromatic rings. The van der Waals surface area contributed by atoms with Crippen LogP contribution in [0.4, 0.5) is 0 Å². The number of hydrogen-bond acceptors (Lipinski definition) is 2. The predicted octanol–water partition coefficient (Wildman–Crippen LogP) is 0.830. The average Bonchev–Trinajstić information content (AvgIpc) is 2.13. The molecule has 0 amide bonds. The molecule has 56 valence electrons. The summed E-state index contributed by atoms with van der Waals surface area (Å²) in [6.07, 6.45) is 1.15. The van der Waals surface area contributed by atoms with E-state index in [9.17, 15) is 9.59 Å². The van der Waals surface area contributed by atoms with E-state index in [0.717, 1.165) is 0 Å². The Morgan fingerprint density at radius 2 is 2.30 bits per heavy atom. The molecule has 0 aromatic heterocycles. The second-order valence-electron chi connectivity index (χ2n) is 3.08. The van der Waals surface area contributed by atoms with Crippen molar-refractivity contribution in [3.8, 4) is 0 Å². The Morgan fingerprint density at radius 1 is 1.70 bits per heavy atom. The van der Waals surface area contributed by atoms with Crippen molar-refractivity contribution in [2.45, 2.75) is 26.2 Å². The van der Waals surface area contributed by atoms with Crippen LogP contribution < -0.4 is 0 Å². The second kappa shape index (κ2) is 2.08. The quantitative estimate of drug-likeness (QED) is 0.590. The highest BCUT2D eigenvalue weighted by Crippen LogP contribution is 2.35. The maximum absolute atomic E-state index is 10.7. The van der Waals surface area contributed by atoms with Gasteiger partial charge in [-0.25, -0.2) is 0 Å². The van der Waals surface area contributed by atoms with E-state index in [1.54, 1.807) is 6.92 Å². The lowest BCUT2D eigenvalue weighted by atomic mass is 9.89. The number of Topliss-reactive ketones (excluding diaryl/α,β-unsaturated/α-hetero) is 1. The van der Waals surface area contributed by atoms with Gasteiger partial charge in [0.05, 0.1) is 5.41 Å². The standard InChI is InChI=1S/C7H10O3/c1-7(6(9)10)3-2-5(8)4-7/h2-4H2,1H3,(H,9,10). The first kappa shape index (κ1) is 7.25. The largest absolute Gasteiger partial charge is 0.481 e. The molecular weight excluding hydrogens is 132 g/mol. The molecule has 0 radical (unpaired) electrons. The maximum atomic E-state index is 10.7. The number of ketones is 1. The Labute approximate surface area is 59.0 Å². The van der Waals surface area contributed by atoms with Crippen molar-refractivity contribution >= 4 is 11.8 Å². The van der Waals surface area contributed by atoms with E-state index in [0.29, 0.717) is 12.8 Å². The van der Waals surface area contributed by atoms with Gasteiger partial charge in [0.1, 0.15) is 5.78 Å². The molecule has 1 N–H and O–H groups in total. The maximum Gasteiger partial charge on any atom is 0.309 e. The molecule has 10 heavy (non-hydrogen) atoms. The smallest absolute Gasteiger partial charge is 0.309 e. The summed E-state index contributed by atoms with van der Waals surface area (Å²) in [5.74, 6) is -0.775. The summed E-state index contributed by atoms with van der Waals surface area (Å²) in [6.45, 7) is 1.63. The van der Waals surface area contributed by atoms with Crippen molar-refractivity contribution < 1.29 is 14.7 Å². The molecule has 1 fully saturated rings. The average molecular weight is 142 g/mol. The van der Waals surface area contributed by atoms with E-state index < -0.39 is 11.4 Å². The lowest BCUT2D eigenvalue weighted by Gasteiger charge is -2.14. The van der Waals surface area contributed by atoms with Crippen molar-refractivity contribution in [2.24, 2.45) is 5.41 Å². The summed E-state index contributed by atoms with van der Waals surface area (Å²) in [7, 11) is 0. The summed E-state index contributed by atoms with van der Waals surface area (Å²) in [4.78, 5) is 21.2. The fraction of sp³-hybridized carbons (Fsp3) is 0.714. The molecule has 1 atom stereocenters. The molecule has 1 aliphatic rings. The van der Waals surface area contributed by atoms with Gasteiger partial charge >= 0.3 is 5.97 Å². The van der Waals surface area contributed by atoms with Crippen LogP contribution in [0.15, 0.2) is 0 Å². The van der Waals surface area contributed by atoms with Gasteiger partial charge < -0.3 is 5.11 Å². The molecule has 0 aliphatic heterocycles. The number of carboxylic acid groups (broad SMARTS) is 1. The van der Waals surface area contributed by atoms with Gasteiger partial charge in [0.2, 0.25) is 0 Å². The van der Waals surface area contributed by atoms with Crippen molar-refractivity contribution in [3.05, 3.63) is 0 Å². The number of hydrogen-bond donors (Lipinski definition) is 1. The Bertz CT molecular complexity index is 185. The highest BCUT2D eigenvalue weighted by atomic mass is 16.4. The zero-order valence-corrected chi connectivity index (χ0v) is 5.89. The van der Waals surface area contributed by atoms with Crippen LogP contribution in [0.25, 0.3) is 0 Å². The van der Waals surface area contributed by atoms with Gasteiger partial charge in [-0.1, -0.05) is 0 Å². The summed E-state index contributed by atoms with van der Waals surface area (Å²) in [5, 5.41) is 8.64. The highest BCUT2D eigenvalue weighted by molar-refractivity contribution is 5.89. The third-order valence-electron chi connectivity index (χ3n) is 2.06. The fourth-order valence-corrected chi connectivity index (χ4v) is 1.21. The van der Waals surface area contributed by atoms with Crippen molar-refractivity contribution in [1.29, 1.82) is 0 Å². The van der Waals surface area contributed by atoms with E-state index >= 15 is 0 Å². The molecule has 1 aliphatic carbocycles. The second-order valence-corrected chi connectivity index (χ2v) is 3.08. The van der Waals surface area contributed by atoms with E-state index in [-0.39, 0.29) is 12.2 Å². The molecule has 1 saturated carbocycles. The van der Waals surface area contributed by atoms with E-state index in [1.165, 1.54) is 0 Å². The monoisotopic (exact) mass is 142 g/mol. The van der Waals surface area contributed by atoms with Crippen LogP contribution in [0.1, 0.15) is 26.2 Å². The minimum atomic E-state index is -0.849. The third kappa shape index (κ3) is 1.03. The van der Waals surface area contributed by atoms with E-state index in [1.807, 2.05) is 0 Å². The van der Waals surface area contributed by atoms with Crippen LogP contribution >= 0.6 is 0 Å². The molecular formula is C7H10O3. The van der Waals surface area contributed by atoms with Crippen LogP contribution in [0.3, 0.4) is 0 Å². The third-order valence-corrected chi connectivity index (χ3v) is 2.06. The molecule has 0 heterocycles. The van der Waals surface area contributed by atoms with Gasteiger partial charge in [-0.05, 0) is 13.3 Å². The zero-order chi connectivity index (χ0) is 7.78. The molecule has 3 nitrogen and oxygen atoms in total. The molecule has 0 aromatic carbocycles. The SMILES string of the molecule is CC1(C(=O)O)CCC(=O)C1. The Morgan fingerprint density at radius 3 is 2.50 bits per heavy atom. The number of rotatable bonds is 1. The molecule has 1 unspecified atom stereocenters. The Balaban J connectivity index is 2.72. The summed E-state index contributed by atoms with van der Waals surface area (Å²) >= 11 is 0. The summed E-state index contributed by atoms with van der Waals surface area (Å²) < 4.78 is 0. The van der Waals surface area contributed by atoms with Gasteiger partial charge in [0, 0.05) is 12.8 Å². The van der Waals surface area contributed by atoms with Crippen LogP contribution in [-0.2, 0) is 9.59 Å². The molecule has 1 rings (SSSR count). The van der Waals surface area contributed by atoms with Gasteiger partial charge in [-0.15, -0.1) is 0 Å². The number of aliphatic carboxylic acids is 1. The topological polar surface area (TPSA) is 54.4 Å². The molecule has 0 bridgehead atoms. The van der Waals surface area contributed by atoms with Crippen LogP contribution in [-0.4, -0.2) is 16.9 Å². The fourth-order valence-electron chi connectivity index (χ4n) is 1.21. The Hall–Kier alpha value is -0.860. The molecule has 3 heteroatoms. The minimum absolute atomic E-state index is 0.0740. The first-order chi connectivity index (χ1) is 4.54. The first-order valence-corrected chi connectivity index (χ1v) is 3.30. The number of carbonyl (C=O) groups excluding carboxylic acids is 1. The van der Waals surface area contributed by atoms with Crippen molar-refractivity contribution in [2.75, 3.05) is 0 Å². The Kier molecular flexibility index (Phi) is 1.50. The van der Waals surface area contributed by atoms with E-state index in [2.05, 4.69) is 0 Å². The lowest BCUT2D eigenvalue weighted by Crippen LogP contribution is -2.23. The first-order valence-electron chi connectivity index (χ1n) is 3.30. The predicted molar refractivity (Wildman–Crippen MR) is 34.6 cm³/mol. The van der Waals surface area contributed by atoms with Crippen LogP contribution in [0.5, 0.6) is 0 Å². The van der Waals surface area contributed by atoms with Crippen LogP contribution in [0, 0.1) is 5.41 Å². The van der Waals surface area contributed by atoms with Gasteiger partial charge in [-0.3, -0.25) is 9.59 Å². The normalized spacial score (nSPS) is 32.7. The summed E-state index contributed by atoms with van der Waals surface area (Å²) in [6, 6.07) is 0. The highest BCUT2D eigenvalue weighted by Gasteiger charge is 2.40. The summed E-state index contributed by atoms with van der Waals surface area (Å²) in [5.41, 5.74) is -0.767. The minimum Gasteiger partial charge on any atom is -0.481 e. The number of carbonyl (C=O) groups is 2. The molecule has 0 saturated heterocycles. The van der Waals surface area contributed by atoms with E-state index in [4.69, 9.17) is 5.11 Å². The zero-order valence-electron chi connectivity index (χ0n) is 5.89. The van der Waals surface area contributed by atoms with Crippen molar-refractivity contribution in [1.82, 2.24) is 0 Å². The van der Waals surface area contributed by atoms with Crippen LogP contribution in [0.2, 0.25) is 0 Å². The van der Waals surface area contributed by atoms with Gasteiger partial charge in [0.15, 0.2) is 0 Å². The van der Waals surface area contributed by atoms with Gasteiger partial charge in [-0.2, -0.15) is 0 Å². The number of carboxylic acids is 1. The molecule has 0 spiro atoms.